The van der Waals surface area contributed by atoms with Crippen molar-refractivity contribution in [3.63, 3.8) is 0 Å². The molecule has 0 unspecified atom stereocenters. The summed E-state index contributed by atoms with van der Waals surface area (Å²) in [6.45, 7) is 3.63. The Morgan fingerprint density at radius 1 is 0.762 bits per heavy atom. The number of hydrogen-bond acceptors (Lipinski definition) is 6. The molecule has 214 valence electrons. The Kier molecular flexibility index (Phi) is 8.51. The zero-order valence-electron chi connectivity index (χ0n) is 23.6. The summed E-state index contributed by atoms with van der Waals surface area (Å²) in [6.07, 6.45) is 1.87. The number of carbonyl (C=O) groups is 2. The minimum absolute atomic E-state index is 0.0225. The zero-order valence-corrected chi connectivity index (χ0v) is 23.6. The number of piperazine rings is 1. The number of benzene rings is 3. The van der Waals surface area contributed by atoms with E-state index < -0.39 is 0 Å². The lowest BCUT2D eigenvalue weighted by molar-refractivity contribution is -0.132. The largest absolute Gasteiger partial charge is 0.376 e. The predicted molar refractivity (Wildman–Crippen MR) is 163 cm³/mol. The molecule has 8 heteroatoms. The third-order valence-electron chi connectivity index (χ3n) is 7.98. The summed E-state index contributed by atoms with van der Waals surface area (Å²) in [4.78, 5) is 32.2. The number of amides is 2. The fourth-order valence-electron chi connectivity index (χ4n) is 5.58. The Labute approximate surface area is 246 Å². The molecule has 1 atom stereocenters. The van der Waals surface area contributed by atoms with Crippen molar-refractivity contribution in [1.82, 2.24) is 20.0 Å². The van der Waals surface area contributed by atoms with E-state index in [4.69, 9.17) is 4.74 Å². The maximum atomic E-state index is 13.3. The molecule has 0 N–H and O–H groups in total. The third-order valence-corrected chi connectivity index (χ3v) is 7.98. The lowest BCUT2D eigenvalue weighted by Gasteiger charge is -2.36. The Bertz CT molecular complexity index is 1470. The fourth-order valence-corrected chi connectivity index (χ4v) is 5.58. The van der Waals surface area contributed by atoms with Crippen LogP contribution in [0.25, 0.3) is 22.4 Å². The van der Waals surface area contributed by atoms with Gasteiger partial charge in [-0.1, -0.05) is 72.8 Å². The standard InChI is InChI=1S/C34H35N5O3/c40-33(25-39(24-30-12-7-23-42-30)34(41)29-10-5-2-6-11-29)38-21-19-37(20-22-38)32-18-17-31(35-36-32)28-15-13-27(14-16-28)26-8-3-1-4-9-26/h1-6,8-11,13-18,30H,7,12,19-25H2/t30-/m0/s1. The Hall–Kier alpha value is -4.56. The molecule has 6 rings (SSSR count). The molecule has 2 saturated heterocycles. The van der Waals surface area contributed by atoms with E-state index in [0.29, 0.717) is 44.9 Å². The van der Waals surface area contributed by atoms with Crippen LogP contribution in [0, 0.1) is 0 Å². The van der Waals surface area contributed by atoms with E-state index in [9.17, 15) is 9.59 Å². The first-order valence-corrected chi connectivity index (χ1v) is 14.6. The topological polar surface area (TPSA) is 78.9 Å². The molecule has 0 spiro atoms. The van der Waals surface area contributed by atoms with Gasteiger partial charge in [-0.25, -0.2) is 0 Å². The van der Waals surface area contributed by atoms with E-state index in [1.54, 1.807) is 17.0 Å². The van der Waals surface area contributed by atoms with Crippen molar-refractivity contribution in [2.24, 2.45) is 0 Å². The summed E-state index contributed by atoms with van der Waals surface area (Å²) in [5.74, 6) is 0.617. The van der Waals surface area contributed by atoms with E-state index in [2.05, 4.69) is 51.5 Å². The minimum Gasteiger partial charge on any atom is -0.376 e. The van der Waals surface area contributed by atoms with E-state index in [1.165, 1.54) is 5.56 Å². The van der Waals surface area contributed by atoms with Crippen LogP contribution < -0.4 is 4.90 Å². The van der Waals surface area contributed by atoms with Crippen LogP contribution >= 0.6 is 0 Å². The van der Waals surface area contributed by atoms with Gasteiger partial charge in [-0.05, 0) is 48.2 Å². The van der Waals surface area contributed by atoms with E-state index >= 15 is 0 Å². The third kappa shape index (κ3) is 6.50. The van der Waals surface area contributed by atoms with Crippen LogP contribution in [0.2, 0.25) is 0 Å². The summed E-state index contributed by atoms with van der Waals surface area (Å²) < 4.78 is 5.78. The van der Waals surface area contributed by atoms with Gasteiger partial charge in [0.1, 0.15) is 6.54 Å². The second-order valence-electron chi connectivity index (χ2n) is 10.8. The highest BCUT2D eigenvalue weighted by Crippen LogP contribution is 2.24. The summed E-state index contributed by atoms with van der Waals surface area (Å²) in [5.41, 5.74) is 4.77. The summed E-state index contributed by atoms with van der Waals surface area (Å²) in [6, 6.07) is 31.8. The Morgan fingerprint density at radius 2 is 1.43 bits per heavy atom. The molecule has 0 aliphatic carbocycles. The van der Waals surface area contributed by atoms with Crippen molar-refractivity contribution in [2.45, 2.75) is 18.9 Å². The average molecular weight is 562 g/mol. The second kappa shape index (κ2) is 13.0. The van der Waals surface area contributed by atoms with E-state index in [1.807, 2.05) is 53.4 Å². The number of anilines is 1. The Balaban J connectivity index is 1.05. The van der Waals surface area contributed by atoms with Crippen molar-refractivity contribution >= 4 is 17.6 Å². The first-order chi connectivity index (χ1) is 20.6. The number of carbonyl (C=O) groups excluding carboxylic acids is 2. The van der Waals surface area contributed by atoms with Crippen molar-refractivity contribution in [2.75, 3.05) is 50.8 Å². The van der Waals surface area contributed by atoms with Crippen LogP contribution in [0.5, 0.6) is 0 Å². The molecule has 2 aliphatic heterocycles. The number of nitrogens with zero attached hydrogens (tertiary/aromatic N) is 5. The van der Waals surface area contributed by atoms with Crippen LogP contribution in [0.3, 0.4) is 0 Å². The summed E-state index contributed by atoms with van der Waals surface area (Å²) in [5, 5.41) is 8.99. The fraction of sp³-hybridized carbons (Fsp3) is 0.294. The van der Waals surface area contributed by atoms with Crippen LogP contribution in [0.4, 0.5) is 5.82 Å². The van der Waals surface area contributed by atoms with Gasteiger partial charge in [0.15, 0.2) is 5.82 Å². The molecule has 2 aliphatic rings. The number of ether oxygens (including phenoxy) is 1. The highest BCUT2D eigenvalue weighted by Gasteiger charge is 2.28. The van der Waals surface area contributed by atoms with Gasteiger partial charge < -0.3 is 19.4 Å². The maximum absolute atomic E-state index is 13.3. The normalized spacial score (nSPS) is 16.8. The monoisotopic (exact) mass is 561 g/mol. The van der Waals surface area contributed by atoms with Gasteiger partial charge in [-0.15, -0.1) is 10.2 Å². The van der Waals surface area contributed by atoms with Gasteiger partial charge in [0.05, 0.1) is 11.8 Å². The van der Waals surface area contributed by atoms with Crippen LogP contribution in [-0.2, 0) is 9.53 Å². The smallest absolute Gasteiger partial charge is 0.254 e. The van der Waals surface area contributed by atoms with Crippen molar-refractivity contribution in [1.29, 1.82) is 0 Å². The van der Waals surface area contributed by atoms with Gasteiger partial charge in [0, 0.05) is 50.5 Å². The van der Waals surface area contributed by atoms with Gasteiger partial charge in [-0.2, -0.15) is 0 Å². The Morgan fingerprint density at radius 3 is 2.07 bits per heavy atom. The molecule has 3 aromatic carbocycles. The van der Waals surface area contributed by atoms with Crippen LogP contribution in [-0.4, -0.2) is 83.8 Å². The molecular weight excluding hydrogens is 526 g/mol. The SMILES string of the molecule is O=C(CN(C[C@@H]1CCCO1)C(=O)c1ccccc1)N1CCN(c2ccc(-c3ccc(-c4ccccc4)cc3)nn2)CC1. The highest BCUT2D eigenvalue weighted by atomic mass is 16.5. The number of hydrogen-bond donors (Lipinski definition) is 0. The van der Waals surface area contributed by atoms with E-state index in [-0.39, 0.29) is 24.5 Å². The van der Waals surface area contributed by atoms with Crippen LogP contribution in [0.1, 0.15) is 23.2 Å². The second-order valence-corrected chi connectivity index (χ2v) is 10.8. The van der Waals surface area contributed by atoms with Crippen molar-refractivity contribution in [3.05, 3.63) is 103 Å². The average Bonchev–Trinajstić information content (AvgIpc) is 3.58. The van der Waals surface area contributed by atoms with Crippen LogP contribution in [0.15, 0.2) is 97.1 Å². The number of rotatable bonds is 8. The summed E-state index contributed by atoms with van der Waals surface area (Å²) in [7, 11) is 0. The van der Waals surface area contributed by atoms with Gasteiger partial charge in [0.2, 0.25) is 5.91 Å². The molecule has 3 heterocycles. The zero-order chi connectivity index (χ0) is 28.7. The minimum atomic E-state index is -0.136. The maximum Gasteiger partial charge on any atom is 0.254 e. The molecule has 42 heavy (non-hydrogen) atoms. The first-order valence-electron chi connectivity index (χ1n) is 14.6. The number of aromatic nitrogens is 2. The molecule has 1 aromatic heterocycles. The lowest BCUT2D eigenvalue weighted by Crippen LogP contribution is -2.52. The molecule has 0 saturated carbocycles. The van der Waals surface area contributed by atoms with Gasteiger partial charge in [0.25, 0.3) is 5.91 Å². The first kappa shape index (κ1) is 27.6. The van der Waals surface area contributed by atoms with Crippen molar-refractivity contribution in [3.8, 4) is 22.4 Å². The molecule has 0 bridgehead atoms. The molecule has 2 fully saturated rings. The predicted octanol–water partition coefficient (Wildman–Crippen LogP) is 4.78. The van der Waals surface area contributed by atoms with Gasteiger partial charge >= 0.3 is 0 Å². The highest BCUT2D eigenvalue weighted by molar-refractivity contribution is 5.96. The molecule has 4 aromatic rings. The quantitative estimate of drug-likeness (QED) is 0.308. The summed E-state index contributed by atoms with van der Waals surface area (Å²) >= 11 is 0. The van der Waals surface area contributed by atoms with E-state index in [0.717, 1.165) is 35.5 Å². The molecule has 2 amide bonds. The van der Waals surface area contributed by atoms with Crippen molar-refractivity contribution < 1.29 is 14.3 Å². The molecule has 8 nitrogen and oxygen atoms in total. The lowest BCUT2D eigenvalue weighted by atomic mass is 10.0. The molecular formula is C34H35N5O3. The van der Waals surface area contributed by atoms with Gasteiger partial charge in [-0.3, -0.25) is 9.59 Å². The molecule has 0 radical (unpaired) electrons.